The van der Waals surface area contributed by atoms with Crippen LogP contribution < -0.4 is 16.4 Å². The summed E-state index contributed by atoms with van der Waals surface area (Å²) in [5.41, 5.74) is 7.24. The van der Waals surface area contributed by atoms with Crippen LogP contribution in [0.5, 0.6) is 0 Å². The molecule has 0 spiro atoms. The monoisotopic (exact) mass is 555 g/mol. The number of aromatic carboxylic acids is 1. The smallest absolute Gasteiger partial charge is 0.352 e. The highest BCUT2D eigenvalue weighted by Crippen LogP contribution is 2.38. The molecule has 1 unspecified atom stereocenters. The zero-order valence-corrected chi connectivity index (χ0v) is 21.3. The summed E-state index contributed by atoms with van der Waals surface area (Å²) in [6, 6.07) is 5.43. The minimum atomic E-state index is -1.27. The molecule has 1 fully saturated rings. The molecule has 5 rings (SSSR count). The van der Waals surface area contributed by atoms with Crippen molar-refractivity contribution < 1.29 is 28.6 Å². The molecule has 3 aromatic rings. The molecule has 1 saturated heterocycles. The van der Waals surface area contributed by atoms with Gasteiger partial charge in [0.1, 0.15) is 29.5 Å². The Morgan fingerprint density at radius 2 is 2.03 bits per heavy atom. The van der Waals surface area contributed by atoms with Crippen LogP contribution in [0.1, 0.15) is 33.5 Å². The van der Waals surface area contributed by atoms with Gasteiger partial charge in [-0.25, -0.2) is 19.2 Å². The molecule has 5 N–H and O–H groups in total. The molecule has 4 heterocycles. The Bertz CT molecular complexity index is 1530. The number of nitrogens with zero attached hydrogens (tertiary/aromatic N) is 4. The van der Waals surface area contributed by atoms with E-state index in [1.807, 2.05) is 0 Å². The number of morpholine rings is 1. The van der Waals surface area contributed by atoms with Crippen LogP contribution in [0.2, 0.25) is 5.02 Å². The summed E-state index contributed by atoms with van der Waals surface area (Å²) in [7, 11) is 0. The van der Waals surface area contributed by atoms with Crippen molar-refractivity contribution in [2.24, 2.45) is 5.73 Å². The SMILES string of the molecule is Cc1cc(C(=O)O)n(C(C(N)=O)N2CCOCC2)c1C=C1C(=O)Nc2ncnc(Nc3ccc(F)c(Cl)c3)c21. The maximum Gasteiger partial charge on any atom is 0.352 e. The number of carbonyl (C=O) groups is 3. The predicted molar refractivity (Wildman–Crippen MR) is 140 cm³/mol. The summed E-state index contributed by atoms with van der Waals surface area (Å²) in [4.78, 5) is 48.2. The first kappa shape index (κ1) is 26.3. The topological polar surface area (TPSA) is 165 Å². The highest BCUT2D eigenvalue weighted by atomic mass is 35.5. The maximum atomic E-state index is 13.7. The summed E-state index contributed by atoms with van der Waals surface area (Å²) >= 11 is 5.91. The number of fused-ring (bicyclic) bond motifs is 1. The number of benzene rings is 1. The molecule has 202 valence electrons. The van der Waals surface area contributed by atoms with Crippen molar-refractivity contribution >= 4 is 58.4 Å². The molecular weight excluding hydrogens is 533 g/mol. The van der Waals surface area contributed by atoms with Gasteiger partial charge in [0.05, 0.1) is 29.4 Å². The lowest BCUT2D eigenvalue weighted by Crippen LogP contribution is -2.47. The number of rotatable bonds is 7. The fourth-order valence-electron chi connectivity index (χ4n) is 4.68. The van der Waals surface area contributed by atoms with Crippen molar-refractivity contribution in [3.63, 3.8) is 0 Å². The summed E-state index contributed by atoms with van der Waals surface area (Å²) in [5.74, 6) is -2.70. The number of anilines is 3. The highest BCUT2D eigenvalue weighted by molar-refractivity contribution is 6.35. The second-order valence-corrected chi connectivity index (χ2v) is 9.32. The lowest BCUT2D eigenvalue weighted by atomic mass is 10.1. The molecule has 14 heteroatoms. The predicted octanol–water partition coefficient (Wildman–Crippen LogP) is 2.63. The van der Waals surface area contributed by atoms with Gasteiger partial charge >= 0.3 is 5.97 Å². The average molecular weight is 556 g/mol. The molecule has 2 aliphatic rings. The van der Waals surface area contributed by atoms with Gasteiger partial charge in [0.25, 0.3) is 11.8 Å². The van der Waals surface area contributed by atoms with Crippen LogP contribution in [0.25, 0.3) is 11.6 Å². The lowest BCUT2D eigenvalue weighted by Gasteiger charge is -2.34. The normalized spacial score (nSPS) is 17.1. The largest absolute Gasteiger partial charge is 0.477 e. The molecule has 1 atom stereocenters. The molecule has 12 nitrogen and oxygen atoms in total. The van der Waals surface area contributed by atoms with Crippen LogP contribution in [0, 0.1) is 12.7 Å². The van der Waals surface area contributed by atoms with Crippen molar-refractivity contribution in [3.8, 4) is 0 Å². The van der Waals surface area contributed by atoms with Crippen molar-refractivity contribution in [1.82, 2.24) is 19.4 Å². The van der Waals surface area contributed by atoms with E-state index in [1.165, 1.54) is 41.2 Å². The minimum Gasteiger partial charge on any atom is -0.477 e. The van der Waals surface area contributed by atoms with E-state index in [0.717, 1.165) is 0 Å². The number of hydrogen-bond acceptors (Lipinski definition) is 8. The van der Waals surface area contributed by atoms with Crippen LogP contribution in [0.15, 0.2) is 30.6 Å². The second-order valence-electron chi connectivity index (χ2n) is 8.91. The van der Waals surface area contributed by atoms with Crippen molar-refractivity contribution in [2.75, 3.05) is 36.9 Å². The molecule has 1 aromatic carbocycles. The molecule has 0 bridgehead atoms. The number of nitrogens with one attached hydrogen (secondary N) is 2. The van der Waals surface area contributed by atoms with E-state index in [4.69, 9.17) is 22.1 Å². The van der Waals surface area contributed by atoms with Gasteiger partial charge in [0.2, 0.25) is 0 Å². The third kappa shape index (κ3) is 4.94. The van der Waals surface area contributed by atoms with Crippen LogP contribution in [-0.2, 0) is 14.3 Å². The Morgan fingerprint density at radius 1 is 1.28 bits per heavy atom. The number of carboxylic acids is 1. The molecule has 0 saturated carbocycles. The van der Waals surface area contributed by atoms with E-state index in [9.17, 15) is 23.9 Å². The number of aryl methyl sites for hydroxylation is 1. The van der Waals surface area contributed by atoms with Crippen LogP contribution in [-0.4, -0.2) is 68.6 Å². The van der Waals surface area contributed by atoms with Gasteiger partial charge in [-0.2, -0.15) is 0 Å². The maximum absolute atomic E-state index is 13.7. The average Bonchev–Trinajstić information content (AvgIpc) is 3.39. The van der Waals surface area contributed by atoms with E-state index >= 15 is 0 Å². The number of halogens is 2. The molecule has 2 amide bonds. The summed E-state index contributed by atoms with van der Waals surface area (Å²) in [6.07, 6.45) is 1.58. The van der Waals surface area contributed by atoms with Crippen molar-refractivity contribution in [1.29, 1.82) is 0 Å². The number of amides is 2. The van der Waals surface area contributed by atoms with Crippen molar-refractivity contribution in [3.05, 3.63) is 63.9 Å². The molecule has 39 heavy (non-hydrogen) atoms. The highest BCUT2D eigenvalue weighted by Gasteiger charge is 2.35. The number of hydrogen-bond donors (Lipinski definition) is 4. The molecule has 2 aromatic heterocycles. The third-order valence-electron chi connectivity index (χ3n) is 6.44. The van der Waals surface area contributed by atoms with Gasteiger partial charge in [-0.15, -0.1) is 0 Å². The molecule has 2 aliphatic heterocycles. The molecular formula is C25H23ClFN7O5. The lowest BCUT2D eigenvalue weighted by molar-refractivity contribution is -0.129. The zero-order valence-electron chi connectivity index (χ0n) is 20.6. The van der Waals surface area contributed by atoms with Gasteiger partial charge in [0.15, 0.2) is 6.17 Å². The third-order valence-corrected chi connectivity index (χ3v) is 6.73. The number of aromatic nitrogens is 3. The fourth-order valence-corrected chi connectivity index (χ4v) is 4.86. The van der Waals surface area contributed by atoms with E-state index in [-0.39, 0.29) is 27.9 Å². The molecule has 0 aliphatic carbocycles. The van der Waals surface area contributed by atoms with Gasteiger partial charge in [-0.1, -0.05) is 11.6 Å². The van der Waals surface area contributed by atoms with E-state index in [0.29, 0.717) is 48.8 Å². The number of nitrogens with two attached hydrogens (primary N) is 1. The van der Waals surface area contributed by atoms with E-state index in [2.05, 4.69) is 20.6 Å². The summed E-state index contributed by atoms with van der Waals surface area (Å²) < 4.78 is 20.4. The van der Waals surface area contributed by atoms with Crippen LogP contribution >= 0.6 is 11.6 Å². The number of carboxylic acid groups (broad SMARTS) is 1. The minimum absolute atomic E-state index is 0.106. The Kier molecular flexibility index (Phi) is 7.04. The zero-order chi connectivity index (χ0) is 27.8. The Labute approximate surface area is 226 Å². The van der Waals surface area contributed by atoms with Gasteiger partial charge in [-0.3, -0.25) is 14.5 Å². The summed E-state index contributed by atoms with van der Waals surface area (Å²) in [6.45, 7) is 3.06. The van der Waals surface area contributed by atoms with E-state index in [1.54, 1.807) is 11.8 Å². The Morgan fingerprint density at radius 3 is 2.69 bits per heavy atom. The number of carbonyl (C=O) groups excluding carboxylic acids is 2. The fraction of sp³-hybridized carbons (Fsp3) is 0.240. The first-order valence-electron chi connectivity index (χ1n) is 11.8. The van der Waals surface area contributed by atoms with Gasteiger partial charge in [0, 0.05) is 24.5 Å². The number of primary amides is 1. The van der Waals surface area contributed by atoms with Crippen LogP contribution in [0.4, 0.5) is 21.7 Å². The quantitative estimate of drug-likeness (QED) is 0.321. The number of ether oxygens (including phenoxy) is 1. The summed E-state index contributed by atoms with van der Waals surface area (Å²) in [5, 5.41) is 15.6. The Balaban J connectivity index is 1.65. The first-order chi connectivity index (χ1) is 18.7. The van der Waals surface area contributed by atoms with Crippen molar-refractivity contribution in [2.45, 2.75) is 13.1 Å². The first-order valence-corrected chi connectivity index (χ1v) is 12.2. The van der Waals surface area contributed by atoms with Crippen LogP contribution in [0.3, 0.4) is 0 Å². The van der Waals surface area contributed by atoms with Gasteiger partial charge < -0.3 is 30.8 Å². The molecule has 0 radical (unpaired) electrons. The Hall–Kier alpha value is -4.33. The van der Waals surface area contributed by atoms with E-state index < -0.39 is 29.8 Å². The van der Waals surface area contributed by atoms with Gasteiger partial charge in [-0.05, 0) is 42.8 Å². The standard InChI is InChI=1S/C25H23ClFN7O5/c1-12-8-18(25(37)38)34(24(20(28)35)33-4-6-39-7-5-33)17(12)10-14-19-21(29-11-30-22(19)32-23(14)36)31-13-2-3-16(27)15(26)9-13/h2-3,8-11,24H,4-7H2,1H3,(H2,28,35)(H,37,38)(H2,29,30,31,32,36). The second kappa shape index (κ2) is 10.4.